The number of hydrogen-bond donors (Lipinski definition) is 2. The van der Waals surface area contributed by atoms with Crippen LogP contribution in [0.5, 0.6) is 5.88 Å². The lowest BCUT2D eigenvalue weighted by molar-refractivity contribution is 0.398. The van der Waals surface area contributed by atoms with E-state index in [4.69, 9.17) is 22.1 Å². The molecule has 1 aromatic heterocycles. The minimum atomic E-state index is -0.487. The van der Waals surface area contributed by atoms with E-state index in [1.165, 1.54) is 25.3 Å². The number of methoxy groups -OCH3 is 1. The maximum Gasteiger partial charge on any atom is 0.225 e. The Hall–Kier alpha value is -2.08. The smallest absolute Gasteiger partial charge is 0.225 e. The Morgan fingerprint density at radius 2 is 2.11 bits per heavy atom. The molecule has 0 saturated carbocycles. The van der Waals surface area contributed by atoms with Gasteiger partial charge >= 0.3 is 0 Å². The zero-order valence-electron chi connectivity index (χ0n) is 9.45. The van der Waals surface area contributed by atoms with Crippen LogP contribution in [0.15, 0.2) is 24.3 Å². The molecule has 2 aromatic rings. The summed E-state index contributed by atoms with van der Waals surface area (Å²) in [6.07, 6.45) is 0. The van der Waals surface area contributed by atoms with Crippen molar-refractivity contribution >= 4 is 29.1 Å². The number of aromatic nitrogens is 2. The third-order valence-corrected chi connectivity index (χ3v) is 2.36. The Kier molecular flexibility index (Phi) is 3.47. The van der Waals surface area contributed by atoms with Crippen molar-refractivity contribution in [2.45, 2.75) is 0 Å². The van der Waals surface area contributed by atoms with E-state index in [9.17, 15) is 4.39 Å². The van der Waals surface area contributed by atoms with Crippen LogP contribution in [-0.4, -0.2) is 17.1 Å². The highest BCUT2D eigenvalue weighted by atomic mass is 35.5. The van der Waals surface area contributed by atoms with E-state index in [0.29, 0.717) is 16.7 Å². The second-order valence-electron chi connectivity index (χ2n) is 3.40. The van der Waals surface area contributed by atoms with Gasteiger partial charge in [0.05, 0.1) is 12.8 Å². The Labute approximate surface area is 108 Å². The van der Waals surface area contributed by atoms with Crippen LogP contribution in [0.1, 0.15) is 0 Å². The van der Waals surface area contributed by atoms with Gasteiger partial charge < -0.3 is 15.8 Å². The summed E-state index contributed by atoms with van der Waals surface area (Å²) in [7, 11) is 1.45. The monoisotopic (exact) mass is 268 g/mol. The van der Waals surface area contributed by atoms with Gasteiger partial charge in [-0.15, -0.1) is 0 Å². The number of ether oxygens (including phenoxy) is 1. The second kappa shape index (κ2) is 5.05. The lowest BCUT2D eigenvalue weighted by Crippen LogP contribution is -2.02. The molecule has 3 N–H and O–H groups in total. The van der Waals surface area contributed by atoms with E-state index in [1.807, 2.05) is 0 Å². The molecule has 0 bridgehead atoms. The molecule has 0 radical (unpaired) electrons. The highest BCUT2D eigenvalue weighted by Crippen LogP contribution is 2.23. The minimum Gasteiger partial charge on any atom is -0.481 e. The minimum absolute atomic E-state index is 0.0335. The number of anilines is 3. The van der Waals surface area contributed by atoms with Gasteiger partial charge in [0, 0.05) is 11.1 Å². The third-order valence-electron chi connectivity index (χ3n) is 2.12. The van der Waals surface area contributed by atoms with Crippen molar-refractivity contribution in [3.8, 4) is 5.88 Å². The Balaban J connectivity index is 2.30. The summed E-state index contributed by atoms with van der Waals surface area (Å²) in [5, 5.41) is 3.09. The molecule has 7 heteroatoms. The van der Waals surface area contributed by atoms with Crippen molar-refractivity contribution in [2.75, 3.05) is 18.2 Å². The van der Waals surface area contributed by atoms with Gasteiger partial charge in [-0.2, -0.15) is 9.97 Å². The van der Waals surface area contributed by atoms with E-state index in [1.54, 1.807) is 6.07 Å². The molecule has 0 unspecified atom stereocenters. The van der Waals surface area contributed by atoms with Crippen LogP contribution in [0.3, 0.4) is 0 Å². The summed E-state index contributed by atoms with van der Waals surface area (Å²) < 4.78 is 18.5. The van der Waals surface area contributed by atoms with Crippen LogP contribution >= 0.6 is 11.6 Å². The predicted molar refractivity (Wildman–Crippen MR) is 67.7 cm³/mol. The number of nitrogens with zero attached hydrogens (tertiary/aromatic N) is 2. The highest BCUT2D eigenvalue weighted by molar-refractivity contribution is 6.30. The SMILES string of the molecule is COc1cc(Nc2ccc(Cl)cc2F)nc(N)n1. The molecule has 18 heavy (non-hydrogen) atoms. The van der Waals surface area contributed by atoms with Gasteiger partial charge in [-0.3, -0.25) is 0 Å². The first-order chi connectivity index (χ1) is 8.58. The summed E-state index contributed by atoms with van der Waals surface area (Å²) in [5.74, 6) is 0.171. The Morgan fingerprint density at radius 3 is 2.78 bits per heavy atom. The standard InChI is InChI=1S/C11H10ClFN4O/c1-18-10-5-9(16-11(14)17-10)15-8-3-2-6(12)4-7(8)13/h2-5H,1H3,(H3,14,15,16,17). The van der Waals surface area contributed by atoms with Crippen LogP contribution in [0.4, 0.5) is 21.8 Å². The van der Waals surface area contributed by atoms with Crippen LogP contribution in [0.2, 0.25) is 5.02 Å². The Bertz CT molecular complexity index is 579. The first-order valence-electron chi connectivity index (χ1n) is 4.99. The predicted octanol–water partition coefficient (Wildman–Crippen LogP) is 2.60. The molecular weight excluding hydrogens is 259 g/mol. The van der Waals surface area contributed by atoms with Crippen molar-refractivity contribution in [1.82, 2.24) is 9.97 Å². The highest BCUT2D eigenvalue weighted by Gasteiger charge is 2.06. The van der Waals surface area contributed by atoms with Gasteiger partial charge in [-0.1, -0.05) is 11.6 Å². The Morgan fingerprint density at radius 1 is 1.33 bits per heavy atom. The first kappa shape index (κ1) is 12.4. The van der Waals surface area contributed by atoms with E-state index in [-0.39, 0.29) is 11.6 Å². The number of nitrogens with two attached hydrogens (primary N) is 1. The number of nitrogen functional groups attached to an aromatic ring is 1. The van der Waals surface area contributed by atoms with Crippen LogP contribution in [-0.2, 0) is 0 Å². The zero-order chi connectivity index (χ0) is 13.1. The molecule has 5 nitrogen and oxygen atoms in total. The van der Waals surface area contributed by atoms with Crippen molar-refractivity contribution in [2.24, 2.45) is 0 Å². The summed E-state index contributed by atoms with van der Waals surface area (Å²) >= 11 is 5.66. The molecule has 0 spiro atoms. The van der Waals surface area contributed by atoms with Crippen LogP contribution < -0.4 is 15.8 Å². The van der Waals surface area contributed by atoms with Crippen molar-refractivity contribution < 1.29 is 9.13 Å². The van der Waals surface area contributed by atoms with Gasteiger partial charge in [-0.25, -0.2) is 4.39 Å². The molecule has 1 heterocycles. The fraction of sp³-hybridized carbons (Fsp3) is 0.0909. The number of nitrogens with one attached hydrogen (secondary N) is 1. The van der Waals surface area contributed by atoms with Gasteiger partial charge in [0.25, 0.3) is 0 Å². The van der Waals surface area contributed by atoms with Gasteiger partial charge in [0.15, 0.2) is 0 Å². The van der Waals surface area contributed by atoms with Gasteiger partial charge in [0.1, 0.15) is 11.6 Å². The average molecular weight is 269 g/mol. The van der Waals surface area contributed by atoms with E-state index in [0.717, 1.165) is 0 Å². The molecule has 0 saturated heterocycles. The molecule has 94 valence electrons. The van der Waals surface area contributed by atoms with Crippen LogP contribution in [0, 0.1) is 5.82 Å². The lowest BCUT2D eigenvalue weighted by Gasteiger charge is -2.08. The molecule has 0 atom stereocenters. The molecule has 0 aliphatic heterocycles. The van der Waals surface area contributed by atoms with E-state index < -0.39 is 5.82 Å². The molecule has 0 fully saturated rings. The summed E-state index contributed by atoms with van der Waals surface area (Å²) in [4.78, 5) is 7.74. The van der Waals surface area contributed by atoms with Crippen molar-refractivity contribution in [3.05, 3.63) is 35.1 Å². The van der Waals surface area contributed by atoms with Gasteiger partial charge in [-0.05, 0) is 18.2 Å². The molecule has 0 aliphatic rings. The molecular formula is C11H10ClFN4O. The third kappa shape index (κ3) is 2.78. The van der Waals surface area contributed by atoms with Gasteiger partial charge in [0.2, 0.25) is 11.8 Å². The summed E-state index contributed by atoms with van der Waals surface area (Å²) in [6.45, 7) is 0. The summed E-state index contributed by atoms with van der Waals surface area (Å²) in [5.41, 5.74) is 5.73. The number of rotatable bonds is 3. The molecule has 0 amide bonds. The van der Waals surface area contributed by atoms with E-state index in [2.05, 4.69) is 15.3 Å². The largest absolute Gasteiger partial charge is 0.481 e. The van der Waals surface area contributed by atoms with Crippen LogP contribution in [0.25, 0.3) is 0 Å². The molecule has 0 aliphatic carbocycles. The fourth-order valence-electron chi connectivity index (χ4n) is 1.34. The number of halogens is 2. The number of hydrogen-bond acceptors (Lipinski definition) is 5. The topological polar surface area (TPSA) is 73.1 Å². The van der Waals surface area contributed by atoms with E-state index >= 15 is 0 Å². The summed E-state index contributed by atoms with van der Waals surface area (Å²) in [6, 6.07) is 5.77. The molecule has 2 rings (SSSR count). The van der Waals surface area contributed by atoms with Crippen molar-refractivity contribution in [3.63, 3.8) is 0 Å². The maximum absolute atomic E-state index is 13.6. The average Bonchev–Trinajstić information content (AvgIpc) is 2.32. The quantitative estimate of drug-likeness (QED) is 0.895. The zero-order valence-corrected chi connectivity index (χ0v) is 10.2. The fourth-order valence-corrected chi connectivity index (χ4v) is 1.50. The first-order valence-corrected chi connectivity index (χ1v) is 5.37. The van der Waals surface area contributed by atoms with Crippen molar-refractivity contribution in [1.29, 1.82) is 0 Å². The second-order valence-corrected chi connectivity index (χ2v) is 3.84. The molecule has 1 aromatic carbocycles. The lowest BCUT2D eigenvalue weighted by atomic mass is 10.3. The normalized spacial score (nSPS) is 10.2. The maximum atomic E-state index is 13.6. The number of benzene rings is 1.